The maximum atomic E-state index is 6.24. The molecule has 0 radical (unpaired) electrons. The number of nitrogens with one attached hydrogen (secondary N) is 1. The molecule has 0 bridgehead atoms. The molecule has 4 rings (SSSR count). The molecule has 2 aromatic carbocycles. The fourth-order valence-electron chi connectivity index (χ4n) is 3.16. The van der Waals surface area contributed by atoms with Crippen molar-refractivity contribution in [2.75, 3.05) is 14.2 Å². The molecule has 0 fully saturated rings. The van der Waals surface area contributed by atoms with Gasteiger partial charge in [-0.25, -0.2) is 4.98 Å². The smallest absolute Gasteiger partial charge is 0.205 e. The lowest BCUT2D eigenvalue weighted by Gasteiger charge is -2.10. The zero-order chi connectivity index (χ0) is 19.8. The highest BCUT2D eigenvalue weighted by Gasteiger charge is 2.16. The van der Waals surface area contributed by atoms with E-state index in [0.717, 1.165) is 28.0 Å². The topological polar surface area (TPSA) is 51.5 Å². The van der Waals surface area contributed by atoms with Gasteiger partial charge in [-0.15, -0.1) is 0 Å². The number of nitrogens with zero attached hydrogens (tertiary/aromatic N) is 2. The van der Waals surface area contributed by atoms with E-state index in [0.29, 0.717) is 21.3 Å². The maximum Gasteiger partial charge on any atom is 0.205 e. The Balaban J connectivity index is 1.96. The van der Waals surface area contributed by atoms with E-state index < -0.39 is 0 Å². The van der Waals surface area contributed by atoms with Gasteiger partial charge in [-0.3, -0.25) is 4.40 Å². The van der Waals surface area contributed by atoms with Crippen molar-refractivity contribution in [3.05, 3.63) is 64.1 Å². The highest BCUT2D eigenvalue weighted by molar-refractivity contribution is 7.71. The van der Waals surface area contributed by atoms with Crippen molar-refractivity contribution in [3.63, 3.8) is 0 Å². The molecule has 0 unspecified atom stereocenters. The van der Waals surface area contributed by atoms with Crippen LogP contribution in [0.15, 0.2) is 48.8 Å². The second-order valence-corrected chi connectivity index (χ2v) is 7.17. The van der Waals surface area contributed by atoms with Gasteiger partial charge in [0.15, 0.2) is 0 Å². The van der Waals surface area contributed by atoms with E-state index in [1.165, 1.54) is 5.56 Å². The van der Waals surface area contributed by atoms with Crippen LogP contribution in [0.3, 0.4) is 0 Å². The molecule has 0 amide bonds. The number of aromatic nitrogens is 3. The van der Waals surface area contributed by atoms with E-state index in [4.69, 9.17) is 33.3 Å². The molecule has 0 atom stereocenters. The normalized spacial score (nSPS) is 11.0. The number of fused-ring (bicyclic) bond motifs is 1. The Morgan fingerprint density at radius 3 is 2.43 bits per heavy atom. The molecule has 5 nitrogen and oxygen atoms in total. The SMILES string of the molecule is COc1cc(-c2cn3c(=S)ncc(-c4ccc(C)cc4)c3[nH]2)c(OC)cc1Cl. The van der Waals surface area contributed by atoms with E-state index >= 15 is 0 Å². The molecule has 4 aromatic rings. The molecule has 0 saturated heterocycles. The summed E-state index contributed by atoms with van der Waals surface area (Å²) in [5.41, 5.74) is 5.70. The molecule has 0 aliphatic rings. The summed E-state index contributed by atoms with van der Waals surface area (Å²) in [6.45, 7) is 2.06. The third kappa shape index (κ3) is 3.15. The average molecular weight is 412 g/mol. The standard InChI is InChI=1S/C21H18ClN3O2S/c1-12-4-6-13(7-5-12)15-10-23-21(28)25-11-17(24-20(15)25)14-8-19(27-3)16(22)9-18(14)26-2/h4-11,24H,1-3H3. The third-order valence-electron chi connectivity index (χ3n) is 4.64. The molecule has 0 spiro atoms. The Morgan fingerprint density at radius 2 is 1.75 bits per heavy atom. The molecule has 1 N–H and O–H groups in total. The predicted molar refractivity (Wildman–Crippen MR) is 114 cm³/mol. The number of benzene rings is 2. The Kier molecular flexibility index (Phi) is 4.83. The summed E-state index contributed by atoms with van der Waals surface area (Å²) in [6, 6.07) is 11.9. The number of halogens is 1. The van der Waals surface area contributed by atoms with Crippen molar-refractivity contribution < 1.29 is 9.47 Å². The van der Waals surface area contributed by atoms with E-state index in [-0.39, 0.29) is 0 Å². The van der Waals surface area contributed by atoms with Crippen LogP contribution in [0.1, 0.15) is 5.56 Å². The van der Waals surface area contributed by atoms with Crippen LogP contribution >= 0.6 is 23.8 Å². The number of ether oxygens (including phenoxy) is 2. The Hall–Kier alpha value is -2.83. The van der Waals surface area contributed by atoms with Gasteiger partial charge in [0.1, 0.15) is 17.1 Å². The van der Waals surface area contributed by atoms with Crippen LogP contribution in [0.2, 0.25) is 5.02 Å². The summed E-state index contributed by atoms with van der Waals surface area (Å²) in [7, 11) is 3.19. The van der Waals surface area contributed by atoms with Gasteiger partial charge in [-0.1, -0.05) is 41.4 Å². The minimum atomic E-state index is 0.466. The first-order valence-corrected chi connectivity index (χ1v) is 9.39. The largest absolute Gasteiger partial charge is 0.496 e. The molecule has 0 aliphatic carbocycles. The Morgan fingerprint density at radius 1 is 1.04 bits per heavy atom. The summed E-state index contributed by atoms with van der Waals surface area (Å²) >= 11 is 11.7. The Labute approximate surface area is 172 Å². The van der Waals surface area contributed by atoms with E-state index in [9.17, 15) is 0 Å². The lowest BCUT2D eigenvalue weighted by molar-refractivity contribution is 0.404. The summed E-state index contributed by atoms with van der Waals surface area (Å²) in [4.78, 5) is 7.84. The number of H-pyrrole nitrogens is 1. The van der Waals surface area contributed by atoms with Gasteiger partial charge in [-0.05, 0) is 30.8 Å². The highest BCUT2D eigenvalue weighted by Crippen LogP contribution is 2.38. The lowest BCUT2D eigenvalue weighted by atomic mass is 10.1. The number of imidazole rings is 1. The predicted octanol–water partition coefficient (Wildman–Crippen LogP) is 5.70. The number of hydrogen-bond acceptors (Lipinski definition) is 4. The van der Waals surface area contributed by atoms with Gasteiger partial charge in [-0.2, -0.15) is 0 Å². The van der Waals surface area contributed by atoms with Crippen LogP contribution in [0, 0.1) is 11.7 Å². The van der Waals surface area contributed by atoms with Gasteiger partial charge in [0.2, 0.25) is 4.77 Å². The highest BCUT2D eigenvalue weighted by atomic mass is 35.5. The summed E-state index contributed by atoms with van der Waals surface area (Å²) in [6.07, 6.45) is 3.70. The van der Waals surface area contributed by atoms with Crippen molar-refractivity contribution in [2.24, 2.45) is 0 Å². The first kappa shape index (κ1) is 18.5. The van der Waals surface area contributed by atoms with E-state index in [1.807, 2.05) is 16.7 Å². The van der Waals surface area contributed by atoms with Crippen molar-refractivity contribution in [3.8, 4) is 33.9 Å². The van der Waals surface area contributed by atoms with Gasteiger partial charge in [0, 0.05) is 29.6 Å². The van der Waals surface area contributed by atoms with Crippen LogP contribution in [0.4, 0.5) is 0 Å². The number of aryl methyl sites for hydroxylation is 1. The number of rotatable bonds is 4. The van der Waals surface area contributed by atoms with Crippen molar-refractivity contribution in [1.29, 1.82) is 0 Å². The lowest BCUT2D eigenvalue weighted by Crippen LogP contribution is -1.92. The molecule has 28 heavy (non-hydrogen) atoms. The molecule has 2 heterocycles. The summed E-state index contributed by atoms with van der Waals surface area (Å²) < 4.78 is 13.2. The van der Waals surface area contributed by atoms with E-state index in [2.05, 4.69) is 41.2 Å². The second-order valence-electron chi connectivity index (χ2n) is 6.39. The molecule has 7 heteroatoms. The summed E-state index contributed by atoms with van der Waals surface area (Å²) in [5.74, 6) is 1.20. The molecular weight excluding hydrogens is 394 g/mol. The average Bonchev–Trinajstić information content (AvgIpc) is 3.15. The van der Waals surface area contributed by atoms with Crippen molar-refractivity contribution >= 4 is 29.5 Å². The fraction of sp³-hybridized carbons (Fsp3) is 0.143. The maximum absolute atomic E-state index is 6.24. The number of aromatic amines is 1. The zero-order valence-electron chi connectivity index (χ0n) is 15.6. The van der Waals surface area contributed by atoms with Crippen molar-refractivity contribution in [2.45, 2.75) is 6.92 Å². The van der Waals surface area contributed by atoms with Crippen LogP contribution in [-0.4, -0.2) is 28.6 Å². The number of hydrogen-bond donors (Lipinski definition) is 1. The third-order valence-corrected chi connectivity index (χ3v) is 5.24. The molecule has 142 valence electrons. The van der Waals surface area contributed by atoms with Gasteiger partial charge in [0.05, 0.1) is 24.9 Å². The molecule has 0 saturated carbocycles. The molecular formula is C21H18ClN3O2S. The molecule has 2 aromatic heterocycles. The zero-order valence-corrected chi connectivity index (χ0v) is 17.2. The van der Waals surface area contributed by atoms with Crippen molar-refractivity contribution in [1.82, 2.24) is 14.4 Å². The van der Waals surface area contributed by atoms with Crippen LogP contribution in [-0.2, 0) is 0 Å². The minimum Gasteiger partial charge on any atom is -0.496 e. The Bertz CT molecular complexity index is 1230. The fourth-order valence-corrected chi connectivity index (χ4v) is 3.58. The van der Waals surface area contributed by atoms with Gasteiger partial charge in [0.25, 0.3) is 0 Å². The van der Waals surface area contributed by atoms with Crippen LogP contribution in [0.5, 0.6) is 11.5 Å². The van der Waals surface area contributed by atoms with E-state index in [1.54, 1.807) is 26.5 Å². The first-order valence-electron chi connectivity index (χ1n) is 8.61. The van der Waals surface area contributed by atoms with Gasteiger partial charge >= 0.3 is 0 Å². The molecule has 0 aliphatic heterocycles. The van der Waals surface area contributed by atoms with Crippen LogP contribution in [0.25, 0.3) is 28.0 Å². The minimum absolute atomic E-state index is 0.466. The summed E-state index contributed by atoms with van der Waals surface area (Å²) in [5, 5.41) is 0.484. The second kappa shape index (κ2) is 7.30. The first-order chi connectivity index (χ1) is 13.5. The monoisotopic (exact) mass is 411 g/mol. The number of methoxy groups -OCH3 is 2. The quantitative estimate of drug-likeness (QED) is 0.437. The van der Waals surface area contributed by atoms with Gasteiger partial charge < -0.3 is 14.5 Å². The van der Waals surface area contributed by atoms with Crippen LogP contribution < -0.4 is 9.47 Å².